The molecule has 1 aromatic rings. The molecular formula is C13H18N2O5. The number of carbonyl (C=O) groups is 2. The number of benzene rings is 1. The summed E-state index contributed by atoms with van der Waals surface area (Å²) in [6, 6.07) is 3.07. The number of phenols is 1. The maximum atomic E-state index is 12.0. The average molecular weight is 282 g/mol. The molecule has 0 radical (unpaired) electrons. The lowest BCUT2D eigenvalue weighted by Crippen LogP contribution is -2.49. The van der Waals surface area contributed by atoms with Crippen molar-refractivity contribution in [2.24, 2.45) is 0 Å². The van der Waals surface area contributed by atoms with Crippen LogP contribution in [0.2, 0.25) is 0 Å². The normalized spacial score (nSPS) is 11.0. The Morgan fingerprint density at radius 1 is 1.35 bits per heavy atom. The maximum Gasteiger partial charge on any atom is 0.337 e. The van der Waals surface area contributed by atoms with Gasteiger partial charge in [0.2, 0.25) is 0 Å². The number of anilines is 1. The number of carbonyl (C=O) groups excluding carboxylic acids is 1. The minimum atomic E-state index is -1.26. The first-order valence-electron chi connectivity index (χ1n) is 5.91. The van der Waals surface area contributed by atoms with E-state index in [1.807, 2.05) is 0 Å². The molecule has 2 amide bonds. The number of aromatic hydroxyl groups is 1. The Hall–Kier alpha value is -2.28. The topological polar surface area (TPSA) is 110 Å². The summed E-state index contributed by atoms with van der Waals surface area (Å²) in [6.07, 6.45) is 0. The second kappa shape index (κ2) is 5.79. The van der Waals surface area contributed by atoms with E-state index in [4.69, 9.17) is 5.11 Å². The molecule has 1 rings (SSSR count). The third kappa shape index (κ3) is 3.39. The number of amides is 2. The molecule has 0 spiro atoms. The summed E-state index contributed by atoms with van der Waals surface area (Å²) >= 11 is 0. The fourth-order valence-corrected chi connectivity index (χ4v) is 1.40. The van der Waals surface area contributed by atoms with Crippen molar-refractivity contribution in [3.05, 3.63) is 23.8 Å². The Morgan fingerprint density at radius 2 is 1.95 bits per heavy atom. The van der Waals surface area contributed by atoms with Gasteiger partial charge in [0.1, 0.15) is 5.75 Å². The van der Waals surface area contributed by atoms with Crippen LogP contribution in [-0.4, -0.2) is 51.4 Å². The Balaban J connectivity index is 3.00. The number of aliphatic hydroxyl groups excluding tert-OH is 1. The Labute approximate surface area is 116 Å². The molecule has 0 atom stereocenters. The standard InChI is InChI=1S/C13H18N2O5/c1-13(2,7-16)15(3)12(20)14-10-5-4-8(17)6-9(10)11(18)19/h4-6,16-17H,7H2,1-3H3,(H,14,20)(H,18,19). The molecule has 0 aromatic heterocycles. The van der Waals surface area contributed by atoms with Gasteiger partial charge in [-0.2, -0.15) is 0 Å². The van der Waals surface area contributed by atoms with Crippen LogP contribution in [0, 0.1) is 0 Å². The smallest absolute Gasteiger partial charge is 0.337 e. The summed E-state index contributed by atoms with van der Waals surface area (Å²) < 4.78 is 0. The van der Waals surface area contributed by atoms with Gasteiger partial charge in [-0.25, -0.2) is 9.59 Å². The maximum absolute atomic E-state index is 12.0. The third-order valence-corrected chi connectivity index (χ3v) is 3.07. The molecule has 110 valence electrons. The van der Waals surface area contributed by atoms with Crippen LogP contribution in [0.3, 0.4) is 0 Å². The van der Waals surface area contributed by atoms with Crippen LogP contribution in [0.5, 0.6) is 5.75 Å². The highest BCUT2D eigenvalue weighted by Gasteiger charge is 2.27. The fourth-order valence-electron chi connectivity index (χ4n) is 1.40. The molecule has 4 N–H and O–H groups in total. The number of nitrogens with zero attached hydrogens (tertiary/aromatic N) is 1. The molecule has 0 unspecified atom stereocenters. The van der Waals surface area contributed by atoms with Gasteiger partial charge in [0.25, 0.3) is 0 Å². The van der Waals surface area contributed by atoms with Crippen LogP contribution in [0.15, 0.2) is 18.2 Å². The lowest BCUT2D eigenvalue weighted by molar-refractivity contribution is 0.0697. The van der Waals surface area contributed by atoms with Crippen molar-refractivity contribution in [3.63, 3.8) is 0 Å². The molecule has 0 aliphatic carbocycles. The Morgan fingerprint density at radius 3 is 2.45 bits per heavy atom. The summed E-state index contributed by atoms with van der Waals surface area (Å²) in [4.78, 5) is 24.4. The van der Waals surface area contributed by atoms with Gasteiger partial charge in [-0.1, -0.05) is 0 Å². The van der Waals surface area contributed by atoms with Crippen molar-refractivity contribution in [2.45, 2.75) is 19.4 Å². The SMILES string of the molecule is CN(C(=O)Nc1ccc(O)cc1C(=O)O)C(C)(C)CO. The Bertz CT molecular complexity index is 527. The number of likely N-dealkylation sites (N-methyl/N-ethyl adjacent to an activating group) is 1. The largest absolute Gasteiger partial charge is 0.508 e. The van der Waals surface area contributed by atoms with Gasteiger partial charge in [-0.15, -0.1) is 0 Å². The highest BCUT2D eigenvalue weighted by atomic mass is 16.4. The van der Waals surface area contributed by atoms with E-state index in [2.05, 4.69) is 5.32 Å². The molecule has 0 aliphatic rings. The van der Waals surface area contributed by atoms with Gasteiger partial charge < -0.3 is 25.5 Å². The first-order valence-corrected chi connectivity index (χ1v) is 5.91. The molecule has 20 heavy (non-hydrogen) atoms. The fraction of sp³-hybridized carbons (Fsp3) is 0.385. The van der Waals surface area contributed by atoms with Gasteiger partial charge in [-0.3, -0.25) is 0 Å². The van der Waals surface area contributed by atoms with Gasteiger partial charge in [0, 0.05) is 7.05 Å². The highest BCUT2D eigenvalue weighted by Crippen LogP contribution is 2.22. The number of hydrogen-bond acceptors (Lipinski definition) is 4. The summed E-state index contributed by atoms with van der Waals surface area (Å²) in [5, 5.41) is 30.0. The number of aliphatic hydroxyl groups is 1. The monoisotopic (exact) mass is 282 g/mol. The van der Waals surface area contributed by atoms with Crippen LogP contribution in [0.4, 0.5) is 10.5 Å². The Kier molecular flexibility index (Phi) is 4.57. The molecule has 0 aliphatic heterocycles. The third-order valence-electron chi connectivity index (χ3n) is 3.07. The first-order chi connectivity index (χ1) is 9.19. The average Bonchev–Trinajstić information content (AvgIpc) is 2.39. The molecule has 0 fully saturated rings. The highest BCUT2D eigenvalue weighted by molar-refractivity contribution is 6.00. The lowest BCUT2D eigenvalue weighted by Gasteiger charge is -2.33. The number of urea groups is 1. The number of nitrogens with one attached hydrogen (secondary N) is 1. The number of aromatic carboxylic acids is 1. The van der Waals surface area contributed by atoms with Crippen molar-refractivity contribution in [1.29, 1.82) is 0 Å². The zero-order chi connectivity index (χ0) is 15.5. The van der Waals surface area contributed by atoms with Gasteiger partial charge >= 0.3 is 12.0 Å². The lowest BCUT2D eigenvalue weighted by atomic mass is 10.1. The van der Waals surface area contributed by atoms with Gasteiger partial charge in [0.05, 0.1) is 23.4 Å². The van der Waals surface area contributed by atoms with Crippen molar-refractivity contribution in [1.82, 2.24) is 4.90 Å². The van der Waals surface area contributed by atoms with Crippen LogP contribution in [0.1, 0.15) is 24.2 Å². The zero-order valence-corrected chi connectivity index (χ0v) is 11.5. The number of carboxylic acid groups (broad SMARTS) is 1. The first kappa shape index (κ1) is 15.8. The molecule has 7 nitrogen and oxygen atoms in total. The van der Waals surface area contributed by atoms with Crippen molar-refractivity contribution in [3.8, 4) is 5.75 Å². The van der Waals surface area contributed by atoms with E-state index >= 15 is 0 Å². The van der Waals surface area contributed by atoms with E-state index in [-0.39, 0.29) is 23.6 Å². The zero-order valence-electron chi connectivity index (χ0n) is 11.5. The quantitative estimate of drug-likeness (QED) is 0.623. The van der Waals surface area contributed by atoms with Crippen molar-refractivity contribution in [2.75, 3.05) is 19.0 Å². The predicted octanol–water partition coefficient (Wildman–Crippen LogP) is 1.32. The molecular weight excluding hydrogens is 264 g/mol. The van der Waals surface area contributed by atoms with Crippen molar-refractivity contribution >= 4 is 17.7 Å². The van der Waals surface area contributed by atoms with E-state index in [9.17, 15) is 19.8 Å². The van der Waals surface area contributed by atoms with Crippen molar-refractivity contribution < 1.29 is 24.9 Å². The van der Waals surface area contributed by atoms with Gasteiger partial charge in [0.15, 0.2) is 0 Å². The van der Waals surface area contributed by atoms with Crippen LogP contribution in [-0.2, 0) is 0 Å². The second-order valence-electron chi connectivity index (χ2n) is 4.99. The number of hydrogen-bond donors (Lipinski definition) is 4. The summed E-state index contributed by atoms with van der Waals surface area (Å²) in [5.41, 5.74) is -0.931. The molecule has 0 saturated carbocycles. The summed E-state index contributed by atoms with van der Waals surface area (Å²) in [6.45, 7) is 3.10. The summed E-state index contributed by atoms with van der Waals surface area (Å²) in [7, 11) is 1.49. The molecule has 0 heterocycles. The van der Waals surface area contributed by atoms with Crippen LogP contribution in [0.25, 0.3) is 0 Å². The molecule has 0 saturated heterocycles. The van der Waals surface area contributed by atoms with E-state index in [0.717, 1.165) is 6.07 Å². The molecule has 7 heteroatoms. The number of rotatable bonds is 4. The van der Waals surface area contributed by atoms with Crippen LogP contribution < -0.4 is 5.32 Å². The van der Waals surface area contributed by atoms with Gasteiger partial charge in [-0.05, 0) is 32.0 Å². The minimum Gasteiger partial charge on any atom is -0.508 e. The minimum absolute atomic E-state index is 0.0703. The summed E-state index contributed by atoms with van der Waals surface area (Å²) in [5.74, 6) is -1.47. The van der Waals surface area contributed by atoms with Crippen LogP contribution >= 0.6 is 0 Å². The van der Waals surface area contributed by atoms with E-state index in [1.165, 1.54) is 24.1 Å². The van der Waals surface area contributed by atoms with E-state index < -0.39 is 17.5 Å². The second-order valence-corrected chi connectivity index (χ2v) is 4.99. The molecule has 0 bridgehead atoms. The predicted molar refractivity (Wildman–Crippen MR) is 73.0 cm³/mol. The number of carboxylic acids is 1. The molecule has 1 aromatic carbocycles. The van der Waals surface area contributed by atoms with E-state index in [0.29, 0.717) is 0 Å². The van der Waals surface area contributed by atoms with E-state index in [1.54, 1.807) is 13.8 Å². The number of phenolic OH excluding ortho intramolecular Hbond substituents is 1.